The van der Waals surface area contributed by atoms with E-state index in [-0.39, 0.29) is 0 Å². The van der Waals surface area contributed by atoms with E-state index >= 15 is 0 Å². The average molecular weight is 321 g/mol. The highest BCUT2D eigenvalue weighted by atomic mass is 35.5. The van der Waals surface area contributed by atoms with Gasteiger partial charge >= 0.3 is 6.03 Å². The number of hydrogen-bond donors (Lipinski definition) is 1. The molecule has 0 atom stereocenters. The Labute approximate surface area is 125 Å². The summed E-state index contributed by atoms with van der Waals surface area (Å²) in [5.41, 5.74) is 0. The second-order valence-electron chi connectivity index (χ2n) is 4.12. The molecule has 0 unspecified atom stereocenters. The SMILES string of the molecule is Cc1cc(NC(=O)/N=C(/C(Cl)Cl)N2CCOCC2)no1. The number of aliphatic imine (C=N–C) groups is 1. The maximum absolute atomic E-state index is 11.8. The molecule has 1 aliphatic rings. The number of amidine groups is 1. The maximum atomic E-state index is 11.8. The molecule has 7 nitrogen and oxygen atoms in total. The minimum atomic E-state index is -0.891. The van der Waals surface area contributed by atoms with E-state index in [1.165, 1.54) is 0 Å². The molecule has 0 bridgehead atoms. The lowest BCUT2D eigenvalue weighted by Crippen LogP contribution is -2.43. The van der Waals surface area contributed by atoms with Gasteiger partial charge < -0.3 is 14.2 Å². The first-order valence-corrected chi connectivity index (χ1v) is 6.87. The quantitative estimate of drug-likeness (QED) is 0.512. The third kappa shape index (κ3) is 4.09. The molecule has 1 aliphatic heterocycles. The number of halogens is 2. The summed E-state index contributed by atoms with van der Waals surface area (Å²) >= 11 is 11.7. The number of carbonyl (C=O) groups is 1. The second kappa shape index (κ2) is 6.92. The summed E-state index contributed by atoms with van der Waals surface area (Å²) in [7, 11) is 0. The number of anilines is 1. The zero-order valence-corrected chi connectivity index (χ0v) is 12.3. The lowest BCUT2D eigenvalue weighted by molar-refractivity contribution is 0.0677. The number of aromatic nitrogens is 1. The summed E-state index contributed by atoms with van der Waals surface area (Å²) in [6, 6.07) is 0.979. The number of aryl methyl sites for hydroxylation is 1. The molecule has 1 N–H and O–H groups in total. The summed E-state index contributed by atoms with van der Waals surface area (Å²) < 4.78 is 10.1. The molecule has 2 amide bonds. The van der Waals surface area contributed by atoms with Crippen molar-refractivity contribution in [2.45, 2.75) is 11.8 Å². The van der Waals surface area contributed by atoms with Crippen LogP contribution in [-0.4, -0.2) is 53.1 Å². The molecule has 110 valence electrons. The molecular weight excluding hydrogens is 307 g/mol. The molecule has 1 saturated heterocycles. The van der Waals surface area contributed by atoms with Crippen LogP contribution in [0.3, 0.4) is 0 Å². The van der Waals surface area contributed by atoms with Crippen LogP contribution in [0, 0.1) is 6.92 Å². The van der Waals surface area contributed by atoms with Gasteiger partial charge in [0.05, 0.1) is 13.2 Å². The van der Waals surface area contributed by atoms with Crippen molar-refractivity contribution in [2.24, 2.45) is 4.99 Å². The topological polar surface area (TPSA) is 80.0 Å². The Morgan fingerprint density at radius 3 is 2.75 bits per heavy atom. The molecular formula is C11H14Cl2N4O3. The van der Waals surface area contributed by atoms with E-state index in [0.29, 0.717) is 43.7 Å². The van der Waals surface area contributed by atoms with Crippen molar-refractivity contribution in [3.63, 3.8) is 0 Å². The van der Waals surface area contributed by atoms with Crippen LogP contribution in [0.5, 0.6) is 0 Å². The van der Waals surface area contributed by atoms with Crippen LogP contribution in [0.25, 0.3) is 0 Å². The van der Waals surface area contributed by atoms with Crippen molar-refractivity contribution in [1.29, 1.82) is 0 Å². The fraction of sp³-hybridized carbons (Fsp3) is 0.545. The Balaban J connectivity index is 2.05. The van der Waals surface area contributed by atoms with Crippen molar-refractivity contribution in [2.75, 3.05) is 31.6 Å². The van der Waals surface area contributed by atoms with E-state index in [4.69, 9.17) is 32.5 Å². The monoisotopic (exact) mass is 320 g/mol. The molecule has 0 saturated carbocycles. The number of nitrogens with zero attached hydrogens (tertiary/aromatic N) is 3. The van der Waals surface area contributed by atoms with E-state index in [1.807, 2.05) is 4.90 Å². The van der Waals surface area contributed by atoms with Gasteiger partial charge in [0.1, 0.15) is 11.6 Å². The van der Waals surface area contributed by atoms with Crippen molar-refractivity contribution in [3.8, 4) is 0 Å². The van der Waals surface area contributed by atoms with Crippen LogP contribution >= 0.6 is 23.2 Å². The van der Waals surface area contributed by atoms with Crippen molar-refractivity contribution in [1.82, 2.24) is 10.1 Å². The summed E-state index contributed by atoms with van der Waals surface area (Å²) in [6.07, 6.45) is 0. The highest BCUT2D eigenvalue weighted by Gasteiger charge is 2.22. The predicted octanol–water partition coefficient (Wildman–Crippen LogP) is 2.05. The molecule has 20 heavy (non-hydrogen) atoms. The van der Waals surface area contributed by atoms with E-state index in [9.17, 15) is 4.79 Å². The first kappa shape index (κ1) is 15.1. The summed E-state index contributed by atoms with van der Waals surface area (Å²) in [4.78, 5) is 16.6. The van der Waals surface area contributed by atoms with Crippen LogP contribution in [0.1, 0.15) is 5.76 Å². The number of rotatable bonds is 2. The Kier molecular flexibility index (Phi) is 5.22. The second-order valence-corrected chi connectivity index (χ2v) is 5.22. The van der Waals surface area contributed by atoms with Gasteiger partial charge in [-0.3, -0.25) is 5.32 Å². The predicted molar refractivity (Wildman–Crippen MR) is 75.6 cm³/mol. The minimum absolute atomic E-state index is 0.290. The lowest BCUT2D eigenvalue weighted by Gasteiger charge is -2.30. The number of carbonyl (C=O) groups excluding carboxylic acids is 1. The van der Waals surface area contributed by atoms with Crippen LogP contribution < -0.4 is 5.32 Å². The fourth-order valence-electron chi connectivity index (χ4n) is 1.72. The molecule has 0 aliphatic carbocycles. The molecule has 1 aromatic heterocycles. The van der Waals surface area contributed by atoms with E-state index in [0.717, 1.165) is 0 Å². The van der Waals surface area contributed by atoms with Gasteiger partial charge in [0.15, 0.2) is 10.7 Å². The highest BCUT2D eigenvalue weighted by molar-refractivity contribution is 6.54. The van der Waals surface area contributed by atoms with Gasteiger partial charge in [0, 0.05) is 19.2 Å². The van der Waals surface area contributed by atoms with Gasteiger partial charge in [0.25, 0.3) is 0 Å². The first-order chi connectivity index (χ1) is 9.56. The number of morpholine rings is 1. The van der Waals surface area contributed by atoms with Crippen LogP contribution in [-0.2, 0) is 4.74 Å². The minimum Gasteiger partial charge on any atom is -0.378 e. The van der Waals surface area contributed by atoms with Gasteiger partial charge in [0.2, 0.25) is 0 Å². The Hall–Kier alpha value is -1.31. The average Bonchev–Trinajstić information content (AvgIpc) is 2.82. The smallest absolute Gasteiger partial charge is 0.348 e. The van der Waals surface area contributed by atoms with E-state index in [2.05, 4.69) is 15.5 Å². The summed E-state index contributed by atoms with van der Waals surface area (Å²) in [5.74, 6) is 1.18. The molecule has 2 heterocycles. The maximum Gasteiger partial charge on any atom is 0.348 e. The molecule has 9 heteroatoms. The molecule has 1 fully saturated rings. The van der Waals surface area contributed by atoms with Crippen molar-refractivity contribution < 1.29 is 14.1 Å². The number of hydrogen-bond acceptors (Lipinski definition) is 4. The van der Waals surface area contributed by atoms with Gasteiger partial charge in [-0.2, -0.15) is 4.99 Å². The standard InChI is InChI=1S/C11H14Cl2N4O3/c1-7-6-8(16-20-7)14-11(18)15-10(9(12)13)17-2-4-19-5-3-17/h6,9H,2-5H2,1H3,(H,14,16,18)/b15-10-. The number of urea groups is 1. The van der Waals surface area contributed by atoms with Gasteiger partial charge in [-0.05, 0) is 6.92 Å². The third-order valence-corrected chi connectivity index (χ3v) is 3.00. The normalized spacial score (nSPS) is 16.6. The van der Waals surface area contributed by atoms with Gasteiger partial charge in [-0.1, -0.05) is 28.4 Å². The Morgan fingerprint density at radius 2 is 2.20 bits per heavy atom. The fourth-order valence-corrected chi connectivity index (χ4v) is 2.09. The molecule has 0 radical (unpaired) electrons. The van der Waals surface area contributed by atoms with Crippen LogP contribution in [0.15, 0.2) is 15.6 Å². The highest BCUT2D eigenvalue weighted by Crippen LogP contribution is 2.13. The summed E-state index contributed by atoms with van der Waals surface area (Å²) in [5, 5.41) is 6.13. The zero-order valence-electron chi connectivity index (χ0n) is 10.8. The number of alkyl halides is 2. The number of ether oxygens (including phenoxy) is 1. The van der Waals surface area contributed by atoms with E-state index < -0.39 is 10.9 Å². The molecule has 1 aromatic rings. The lowest BCUT2D eigenvalue weighted by atomic mass is 10.4. The van der Waals surface area contributed by atoms with Crippen molar-refractivity contribution >= 4 is 40.9 Å². The molecule has 0 spiro atoms. The zero-order chi connectivity index (χ0) is 14.5. The number of nitrogens with one attached hydrogen (secondary N) is 1. The Morgan fingerprint density at radius 1 is 1.50 bits per heavy atom. The van der Waals surface area contributed by atoms with E-state index in [1.54, 1.807) is 13.0 Å². The molecule has 0 aromatic carbocycles. The van der Waals surface area contributed by atoms with Crippen LogP contribution in [0.2, 0.25) is 0 Å². The van der Waals surface area contributed by atoms with Gasteiger partial charge in [-0.25, -0.2) is 4.79 Å². The van der Waals surface area contributed by atoms with Crippen LogP contribution in [0.4, 0.5) is 10.6 Å². The largest absolute Gasteiger partial charge is 0.378 e. The Bertz CT molecular complexity index is 498. The van der Waals surface area contributed by atoms with Gasteiger partial charge in [-0.15, -0.1) is 0 Å². The third-order valence-electron chi connectivity index (χ3n) is 2.61. The summed E-state index contributed by atoms with van der Waals surface area (Å²) in [6.45, 7) is 3.99. The first-order valence-electron chi connectivity index (χ1n) is 6.00. The molecule has 2 rings (SSSR count). The number of amides is 2. The van der Waals surface area contributed by atoms with Crippen molar-refractivity contribution in [3.05, 3.63) is 11.8 Å².